The Hall–Kier alpha value is -2.22. The zero-order valence-corrected chi connectivity index (χ0v) is 11.9. The molecule has 3 rings (SSSR count). The van der Waals surface area contributed by atoms with E-state index in [0.29, 0.717) is 5.92 Å². The molecule has 0 aliphatic heterocycles. The van der Waals surface area contributed by atoms with Crippen molar-refractivity contribution in [1.29, 1.82) is 0 Å². The maximum absolute atomic E-state index is 12.1. The number of carbonyl (C=O) groups is 2. The summed E-state index contributed by atoms with van der Waals surface area (Å²) in [5, 5.41) is 20.2. The number of hydrogen-bond acceptors (Lipinski definition) is 5. The molecule has 8 heteroatoms. The highest BCUT2D eigenvalue weighted by atomic mass is 32.1. The average molecular weight is 306 g/mol. The Kier molecular flexibility index (Phi) is 3.70. The molecule has 3 N–H and O–H groups in total. The van der Waals surface area contributed by atoms with E-state index in [0.717, 1.165) is 23.5 Å². The van der Waals surface area contributed by atoms with Gasteiger partial charge in [0.25, 0.3) is 5.91 Å². The van der Waals surface area contributed by atoms with Gasteiger partial charge >= 0.3 is 5.97 Å². The Bertz CT molecular complexity index is 648. The highest BCUT2D eigenvalue weighted by molar-refractivity contribution is 7.10. The molecule has 21 heavy (non-hydrogen) atoms. The van der Waals surface area contributed by atoms with Crippen LogP contribution < -0.4 is 5.32 Å². The van der Waals surface area contributed by atoms with Crippen LogP contribution in [0.3, 0.4) is 0 Å². The topological polar surface area (TPSA) is 108 Å². The van der Waals surface area contributed by atoms with E-state index >= 15 is 0 Å². The standard InChI is InChI=1S/C13H14N4O3S/c18-10(19)6-8(9-2-1-5-21-9)14-13(20)12-15-11(16-17-12)7-3-4-7/h1-2,5,7-8H,3-4,6H2,(H,14,20)(H,18,19)(H,15,16,17). The van der Waals surface area contributed by atoms with Gasteiger partial charge in [0.1, 0.15) is 5.82 Å². The molecule has 110 valence electrons. The number of aromatic amines is 1. The number of aliphatic carboxylic acids is 1. The molecule has 1 amide bonds. The second-order valence-corrected chi connectivity index (χ2v) is 5.94. The number of thiophene rings is 1. The van der Waals surface area contributed by atoms with Gasteiger partial charge in [-0.25, -0.2) is 4.98 Å². The highest BCUT2D eigenvalue weighted by Crippen LogP contribution is 2.37. The smallest absolute Gasteiger partial charge is 0.305 e. The lowest BCUT2D eigenvalue weighted by Gasteiger charge is -2.14. The van der Waals surface area contributed by atoms with Crippen LogP contribution in [-0.4, -0.2) is 32.2 Å². The molecule has 2 aromatic heterocycles. The first kappa shape index (κ1) is 13.7. The molecule has 0 saturated heterocycles. The van der Waals surface area contributed by atoms with Crippen LogP contribution >= 0.6 is 11.3 Å². The number of carboxylic acid groups (broad SMARTS) is 1. The third-order valence-electron chi connectivity index (χ3n) is 3.24. The highest BCUT2D eigenvalue weighted by Gasteiger charge is 2.29. The van der Waals surface area contributed by atoms with Crippen LogP contribution in [0.15, 0.2) is 17.5 Å². The predicted molar refractivity (Wildman–Crippen MR) is 75.1 cm³/mol. The molecule has 2 heterocycles. The van der Waals surface area contributed by atoms with Crippen LogP contribution in [0.1, 0.15) is 52.5 Å². The molecule has 1 aliphatic carbocycles. The van der Waals surface area contributed by atoms with Crippen LogP contribution in [-0.2, 0) is 4.79 Å². The Balaban J connectivity index is 1.71. The number of amides is 1. The average Bonchev–Trinajstić information content (AvgIpc) is 2.96. The number of nitrogens with zero attached hydrogens (tertiary/aromatic N) is 2. The summed E-state index contributed by atoms with van der Waals surface area (Å²) >= 11 is 1.40. The molecule has 1 unspecified atom stereocenters. The van der Waals surface area contributed by atoms with Crippen molar-refractivity contribution in [2.24, 2.45) is 0 Å². The van der Waals surface area contributed by atoms with Crippen molar-refractivity contribution in [2.75, 3.05) is 0 Å². The van der Waals surface area contributed by atoms with Crippen molar-refractivity contribution in [3.63, 3.8) is 0 Å². The van der Waals surface area contributed by atoms with Gasteiger partial charge in [0.05, 0.1) is 12.5 Å². The minimum atomic E-state index is -0.970. The molecule has 2 aromatic rings. The van der Waals surface area contributed by atoms with Crippen LogP contribution in [0.2, 0.25) is 0 Å². The molecular formula is C13H14N4O3S. The van der Waals surface area contributed by atoms with Crippen molar-refractivity contribution in [3.05, 3.63) is 34.0 Å². The van der Waals surface area contributed by atoms with Gasteiger partial charge in [0.15, 0.2) is 0 Å². The van der Waals surface area contributed by atoms with Crippen LogP contribution in [0.25, 0.3) is 0 Å². The van der Waals surface area contributed by atoms with Gasteiger partial charge in [-0.2, -0.15) is 0 Å². The molecular weight excluding hydrogens is 292 g/mol. The van der Waals surface area contributed by atoms with Crippen LogP contribution in [0, 0.1) is 0 Å². The van der Waals surface area contributed by atoms with E-state index < -0.39 is 17.9 Å². The monoisotopic (exact) mass is 306 g/mol. The Morgan fingerprint density at radius 2 is 2.33 bits per heavy atom. The van der Waals surface area contributed by atoms with Gasteiger partial charge in [-0.3, -0.25) is 14.7 Å². The van der Waals surface area contributed by atoms with Gasteiger partial charge in [-0.15, -0.1) is 16.4 Å². The zero-order valence-electron chi connectivity index (χ0n) is 11.1. The van der Waals surface area contributed by atoms with E-state index in [-0.39, 0.29) is 12.2 Å². The van der Waals surface area contributed by atoms with E-state index in [4.69, 9.17) is 5.11 Å². The third-order valence-corrected chi connectivity index (χ3v) is 4.23. The summed E-state index contributed by atoms with van der Waals surface area (Å²) in [6.45, 7) is 0. The van der Waals surface area contributed by atoms with Gasteiger partial charge in [-0.1, -0.05) is 6.07 Å². The summed E-state index contributed by atoms with van der Waals surface area (Å²) in [5.41, 5.74) is 0. The lowest BCUT2D eigenvalue weighted by Crippen LogP contribution is -2.30. The predicted octanol–water partition coefficient (Wildman–Crippen LogP) is 1.69. The summed E-state index contributed by atoms with van der Waals surface area (Å²) in [7, 11) is 0. The van der Waals surface area contributed by atoms with E-state index in [2.05, 4.69) is 20.5 Å². The first-order valence-corrected chi connectivity index (χ1v) is 7.50. The molecule has 0 bridgehead atoms. The SMILES string of the molecule is O=C(O)CC(NC(=O)c1n[nH]c(C2CC2)n1)c1cccs1. The molecule has 0 radical (unpaired) electrons. The second-order valence-electron chi connectivity index (χ2n) is 4.96. The lowest BCUT2D eigenvalue weighted by atomic mass is 10.1. The first-order chi connectivity index (χ1) is 10.1. The van der Waals surface area contributed by atoms with Crippen molar-refractivity contribution in [2.45, 2.75) is 31.2 Å². The second kappa shape index (κ2) is 5.65. The lowest BCUT2D eigenvalue weighted by molar-refractivity contribution is -0.137. The zero-order chi connectivity index (χ0) is 14.8. The normalized spacial score (nSPS) is 15.6. The van der Waals surface area contributed by atoms with Gasteiger partial charge in [-0.05, 0) is 24.3 Å². The number of carboxylic acids is 1. The molecule has 0 aromatic carbocycles. The largest absolute Gasteiger partial charge is 0.481 e. The minimum Gasteiger partial charge on any atom is -0.481 e. The fraction of sp³-hybridized carbons (Fsp3) is 0.385. The summed E-state index contributed by atoms with van der Waals surface area (Å²) < 4.78 is 0. The molecule has 1 saturated carbocycles. The van der Waals surface area contributed by atoms with E-state index in [1.807, 2.05) is 11.4 Å². The maximum Gasteiger partial charge on any atom is 0.305 e. The maximum atomic E-state index is 12.1. The van der Waals surface area contributed by atoms with Crippen molar-refractivity contribution in [3.8, 4) is 0 Å². The van der Waals surface area contributed by atoms with Crippen molar-refractivity contribution >= 4 is 23.2 Å². The number of nitrogens with one attached hydrogen (secondary N) is 2. The number of H-pyrrole nitrogens is 1. The first-order valence-electron chi connectivity index (χ1n) is 6.62. The van der Waals surface area contributed by atoms with Crippen LogP contribution in [0.4, 0.5) is 0 Å². The fourth-order valence-electron chi connectivity index (χ4n) is 2.02. The summed E-state index contributed by atoms with van der Waals surface area (Å²) in [6.07, 6.45) is 1.95. The summed E-state index contributed by atoms with van der Waals surface area (Å²) in [6, 6.07) is 3.04. The molecule has 1 aliphatic rings. The minimum absolute atomic E-state index is 0.0591. The Morgan fingerprint density at radius 3 is 2.95 bits per heavy atom. The Morgan fingerprint density at radius 1 is 1.52 bits per heavy atom. The van der Waals surface area contributed by atoms with E-state index in [9.17, 15) is 9.59 Å². The number of rotatable bonds is 6. The molecule has 7 nitrogen and oxygen atoms in total. The van der Waals surface area contributed by atoms with Gasteiger partial charge in [0, 0.05) is 10.8 Å². The van der Waals surface area contributed by atoms with Crippen molar-refractivity contribution in [1.82, 2.24) is 20.5 Å². The Labute approximate surface area is 124 Å². The molecule has 1 fully saturated rings. The molecule has 0 spiro atoms. The summed E-state index contributed by atoms with van der Waals surface area (Å²) in [4.78, 5) is 28.0. The number of hydrogen-bond donors (Lipinski definition) is 3. The molecule has 1 atom stereocenters. The van der Waals surface area contributed by atoms with Gasteiger partial charge in [0.2, 0.25) is 5.82 Å². The number of aromatic nitrogens is 3. The van der Waals surface area contributed by atoms with Crippen LogP contribution in [0.5, 0.6) is 0 Å². The van der Waals surface area contributed by atoms with E-state index in [1.165, 1.54) is 11.3 Å². The quantitative estimate of drug-likeness (QED) is 0.752. The van der Waals surface area contributed by atoms with Gasteiger partial charge < -0.3 is 10.4 Å². The fourth-order valence-corrected chi connectivity index (χ4v) is 2.80. The number of carbonyl (C=O) groups excluding carboxylic acids is 1. The third kappa shape index (κ3) is 3.27. The van der Waals surface area contributed by atoms with Crippen molar-refractivity contribution < 1.29 is 14.7 Å². The summed E-state index contributed by atoms with van der Waals surface area (Å²) in [5.74, 6) is -0.263. The van der Waals surface area contributed by atoms with E-state index in [1.54, 1.807) is 6.07 Å².